The number of rotatable bonds is 4. The molecular formula is C11H17BrN2OS. The van der Waals surface area contributed by atoms with Crippen LogP contribution < -0.4 is 5.73 Å². The van der Waals surface area contributed by atoms with Crippen molar-refractivity contribution in [2.45, 2.75) is 6.04 Å². The maximum absolute atomic E-state index is 5.94. The molecule has 0 spiro atoms. The van der Waals surface area contributed by atoms with Crippen LogP contribution in [-0.4, -0.2) is 38.8 Å². The number of nitrogens with two attached hydrogens (primary N) is 1. The molecule has 0 saturated carbocycles. The van der Waals surface area contributed by atoms with Gasteiger partial charge in [-0.1, -0.05) is 0 Å². The third kappa shape index (κ3) is 2.07. The largest absolute Gasteiger partial charge is 0.380 e. The van der Waals surface area contributed by atoms with Gasteiger partial charge in [0.25, 0.3) is 0 Å². The summed E-state index contributed by atoms with van der Waals surface area (Å²) in [5, 5.41) is 0. The third-order valence-electron chi connectivity index (χ3n) is 3.15. The first-order valence-corrected chi connectivity index (χ1v) is 6.89. The van der Waals surface area contributed by atoms with Crippen molar-refractivity contribution in [3.8, 4) is 0 Å². The summed E-state index contributed by atoms with van der Waals surface area (Å²) in [6.45, 7) is 2.20. The van der Waals surface area contributed by atoms with E-state index in [0.717, 1.165) is 13.2 Å². The predicted molar refractivity (Wildman–Crippen MR) is 70.8 cm³/mol. The summed E-state index contributed by atoms with van der Waals surface area (Å²) in [6, 6.07) is 4.62. The summed E-state index contributed by atoms with van der Waals surface area (Å²) in [5.74, 6) is 0. The fourth-order valence-corrected chi connectivity index (χ4v) is 4.09. The summed E-state index contributed by atoms with van der Waals surface area (Å²) >= 11 is 5.30. The highest BCUT2D eigenvalue weighted by Gasteiger charge is 2.46. The molecule has 16 heavy (non-hydrogen) atoms. The zero-order valence-corrected chi connectivity index (χ0v) is 12.0. The molecule has 1 aliphatic rings. The molecular weight excluding hydrogens is 288 g/mol. The van der Waals surface area contributed by atoms with Gasteiger partial charge in [-0.3, -0.25) is 0 Å². The second kappa shape index (κ2) is 4.74. The first-order chi connectivity index (χ1) is 7.59. The second-order valence-corrected chi connectivity index (χ2v) is 7.06. The lowest BCUT2D eigenvalue weighted by Crippen LogP contribution is -2.55. The van der Waals surface area contributed by atoms with Crippen molar-refractivity contribution in [1.29, 1.82) is 0 Å². The number of ether oxygens (including phenoxy) is 1. The Hall–Kier alpha value is 0.0600. The molecule has 0 radical (unpaired) electrons. The minimum Gasteiger partial charge on any atom is -0.380 e. The molecule has 2 rings (SSSR count). The molecule has 1 saturated heterocycles. The fourth-order valence-electron chi connectivity index (χ4n) is 2.33. The Balaban J connectivity index is 2.30. The lowest BCUT2D eigenvalue weighted by atomic mass is 9.77. The van der Waals surface area contributed by atoms with Crippen LogP contribution in [0.5, 0.6) is 0 Å². The standard InChI is InChI=1S/C11H17BrN2OS/c1-14(2)10(8-3-4-9(12)16-8)11(5-13)6-15-7-11/h3-4,10H,5-7,13H2,1-2H3. The average Bonchev–Trinajstić information content (AvgIpc) is 2.57. The Morgan fingerprint density at radius 3 is 2.56 bits per heavy atom. The number of halogens is 1. The molecule has 2 N–H and O–H groups in total. The third-order valence-corrected chi connectivity index (χ3v) is 4.82. The van der Waals surface area contributed by atoms with E-state index >= 15 is 0 Å². The van der Waals surface area contributed by atoms with Crippen molar-refractivity contribution >= 4 is 27.3 Å². The van der Waals surface area contributed by atoms with Crippen molar-refractivity contribution < 1.29 is 4.74 Å². The van der Waals surface area contributed by atoms with E-state index in [9.17, 15) is 0 Å². The quantitative estimate of drug-likeness (QED) is 0.926. The Morgan fingerprint density at radius 2 is 2.25 bits per heavy atom. The Labute approximate surface area is 109 Å². The van der Waals surface area contributed by atoms with Crippen LogP contribution in [0, 0.1) is 5.41 Å². The van der Waals surface area contributed by atoms with E-state index in [2.05, 4.69) is 47.1 Å². The van der Waals surface area contributed by atoms with E-state index in [1.165, 1.54) is 8.66 Å². The van der Waals surface area contributed by atoms with Crippen LogP contribution in [0.1, 0.15) is 10.9 Å². The lowest BCUT2D eigenvalue weighted by Gasteiger charge is -2.48. The lowest BCUT2D eigenvalue weighted by molar-refractivity contribution is -0.144. The first-order valence-electron chi connectivity index (χ1n) is 5.28. The first kappa shape index (κ1) is 12.5. The van der Waals surface area contributed by atoms with E-state index < -0.39 is 0 Å². The van der Waals surface area contributed by atoms with E-state index in [1.54, 1.807) is 11.3 Å². The molecule has 3 nitrogen and oxygen atoms in total. The zero-order chi connectivity index (χ0) is 11.8. The molecule has 1 aromatic rings. The monoisotopic (exact) mass is 304 g/mol. The topological polar surface area (TPSA) is 38.5 Å². The van der Waals surface area contributed by atoms with Gasteiger partial charge in [0.05, 0.1) is 23.0 Å². The number of thiophene rings is 1. The summed E-state index contributed by atoms with van der Waals surface area (Å²) in [7, 11) is 4.21. The summed E-state index contributed by atoms with van der Waals surface area (Å²) in [4.78, 5) is 3.60. The molecule has 1 atom stereocenters. The van der Waals surface area contributed by atoms with Gasteiger partial charge < -0.3 is 15.4 Å². The maximum atomic E-state index is 5.94. The Bertz CT molecular complexity index is 357. The van der Waals surface area contributed by atoms with Crippen LogP contribution in [0.3, 0.4) is 0 Å². The molecule has 90 valence electrons. The molecule has 0 bridgehead atoms. The van der Waals surface area contributed by atoms with Gasteiger partial charge in [-0.25, -0.2) is 0 Å². The van der Waals surface area contributed by atoms with E-state index in [1.807, 2.05) is 0 Å². The number of nitrogens with zero attached hydrogens (tertiary/aromatic N) is 1. The van der Waals surface area contributed by atoms with Gasteiger partial charge in [0.2, 0.25) is 0 Å². The van der Waals surface area contributed by atoms with Crippen LogP contribution in [-0.2, 0) is 4.74 Å². The van der Waals surface area contributed by atoms with Crippen LogP contribution in [0.2, 0.25) is 0 Å². The predicted octanol–water partition coefficient (Wildman–Crippen LogP) is 2.09. The molecule has 1 aliphatic heterocycles. The summed E-state index contributed by atoms with van der Waals surface area (Å²) in [5.41, 5.74) is 6.03. The van der Waals surface area contributed by atoms with E-state index in [4.69, 9.17) is 10.5 Å². The molecule has 0 amide bonds. The molecule has 0 aromatic carbocycles. The van der Waals surface area contributed by atoms with Crippen molar-refractivity contribution in [2.24, 2.45) is 11.1 Å². The molecule has 1 fully saturated rings. The van der Waals surface area contributed by atoms with Crippen LogP contribution in [0.25, 0.3) is 0 Å². The van der Waals surface area contributed by atoms with Crippen molar-refractivity contribution in [3.63, 3.8) is 0 Å². The second-order valence-electron chi connectivity index (χ2n) is 4.57. The van der Waals surface area contributed by atoms with E-state index in [0.29, 0.717) is 12.6 Å². The zero-order valence-electron chi connectivity index (χ0n) is 9.57. The average molecular weight is 305 g/mol. The Kier molecular flexibility index (Phi) is 3.71. The molecule has 2 heterocycles. The smallest absolute Gasteiger partial charge is 0.0701 e. The highest BCUT2D eigenvalue weighted by Crippen LogP contribution is 2.45. The fraction of sp³-hybridized carbons (Fsp3) is 0.636. The van der Waals surface area contributed by atoms with Gasteiger partial charge in [0, 0.05) is 16.8 Å². The van der Waals surface area contributed by atoms with Crippen molar-refractivity contribution in [3.05, 3.63) is 20.8 Å². The minimum absolute atomic E-state index is 0.0911. The van der Waals surface area contributed by atoms with Crippen LogP contribution in [0.15, 0.2) is 15.9 Å². The summed E-state index contributed by atoms with van der Waals surface area (Å²) < 4.78 is 6.54. The van der Waals surface area contributed by atoms with Gasteiger partial charge in [-0.05, 0) is 42.2 Å². The summed E-state index contributed by atoms with van der Waals surface area (Å²) in [6.07, 6.45) is 0. The SMILES string of the molecule is CN(C)C(c1ccc(Br)s1)C1(CN)COC1. The van der Waals surface area contributed by atoms with Gasteiger partial charge in [-0.15, -0.1) is 11.3 Å². The van der Waals surface area contributed by atoms with Gasteiger partial charge >= 0.3 is 0 Å². The Morgan fingerprint density at radius 1 is 1.56 bits per heavy atom. The highest BCUT2D eigenvalue weighted by atomic mass is 79.9. The normalized spacial score (nSPS) is 20.8. The van der Waals surface area contributed by atoms with Crippen molar-refractivity contribution in [1.82, 2.24) is 4.90 Å². The van der Waals surface area contributed by atoms with Crippen molar-refractivity contribution in [2.75, 3.05) is 33.9 Å². The van der Waals surface area contributed by atoms with Gasteiger partial charge in [-0.2, -0.15) is 0 Å². The highest BCUT2D eigenvalue weighted by molar-refractivity contribution is 9.11. The molecule has 0 aliphatic carbocycles. The van der Waals surface area contributed by atoms with E-state index in [-0.39, 0.29) is 5.41 Å². The molecule has 1 unspecified atom stereocenters. The minimum atomic E-state index is 0.0911. The van der Waals surface area contributed by atoms with Crippen LogP contribution >= 0.6 is 27.3 Å². The molecule has 1 aromatic heterocycles. The van der Waals surface area contributed by atoms with Crippen LogP contribution in [0.4, 0.5) is 0 Å². The molecule has 5 heteroatoms. The number of hydrogen-bond donors (Lipinski definition) is 1. The van der Waals surface area contributed by atoms with Gasteiger partial charge in [0.15, 0.2) is 0 Å². The maximum Gasteiger partial charge on any atom is 0.0701 e. The number of hydrogen-bond acceptors (Lipinski definition) is 4. The van der Waals surface area contributed by atoms with Gasteiger partial charge in [0.1, 0.15) is 0 Å².